The van der Waals surface area contributed by atoms with Gasteiger partial charge in [-0.3, -0.25) is 9.59 Å². The van der Waals surface area contributed by atoms with Gasteiger partial charge in [0.2, 0.25) is 5.91 Å². The van der Waals surface area contributed by atoms with Crippen LogP contribution in [0.5, 0.6) is 5.75 Å². The minimum absolute atomic E-state index is 0.0473. The van der Waals surface area contributed by atoms with Gasteiger partial charge in [0.25, 0.3) is 5.91 Å². The molecule has 0 atom stereocenters. The molecule has 0 bridgehead atoms. The summed E-state index contributed by atoms with van der Waals surface area (Å²) in [4.78, 5) is 25.7. The zero-order valence-corrected chi connectivity index (χ0v) is 15.8. The van der Waals surface area contributed by atoms with Gasteiger partial charge >= 0.3 is 0 Å². The first-order chi connectivity index (χ1) is 12.5. The molecular formula is C20H23ClN2O3. The summed E-state index contributed by atoms with van der Waals surface area (Å²) in [5.41, 5.74) is 1.69. The van der Waals surface area contributed by atoms with Crippen molar-refractivity contribution in [2.45, 2.75) is 13.3 Å². The van der Waals surface area contributed by atoms with Gasteiger partial charge in [0.1, 0.15) is 12.4 Å². The summed E-state index contributed by atoms with van der Waals surface area (Å²) in [6, 6.07) is 14.4. The van der Waals surface area contributed by atoms with E-state index in [4.69, 9.17) is 16.3 Å². The molecule has 0 unspecified atom stereocenters. The second kappa shape index (κ2) is 9.82. The Balaban J connectivity index is 1.65. The third-order valence-electron chi connectivity index (χ3n) is 3.87. The lowest BCUT2D eigenvalue weighted by atomic mass is 10.2. The number of halogens is 1. The van der Waals surface area contributed by atoms with E-state index in [0.717, 1.165) is 5.75 Å². The zero-order valence-electron chi connectivity index (χ0n) is 15.0. The maximum atomic E-state index is 12.1. The second-order valence-electron chi connectivity index (χ2n) is 5.99. The van der Waals surface area contributed by atoms with Gasteiger partial charge in [-0.15, -0.1) is 0 Å². The molecule has 2 rings (SSSR count). The molecule has 2 aromatic rings. The van der Waals surface area contributed by atoms with E-state index in [1.54, 1.807) is 36.2 Å². The van der Waals surface area contributed by atoms with E-state index >= 15 is 0 Å². The Morgan fingerprint density at radius 1 is 1.08 bits per heavy atom. The molecule has 0 fully saturated rings. The van der Waals surface area contributed by atoms with Crippen LogP contribution in [-0.4, -0.2) is 43.5 Å². The maximum Gasteiger partial charge on any atom is 0.251 e. The summed E-state index contributed by atoms with van der Waals surface area (Å²) in [6.45, 7) is 3.20. The number of rotatable bonds is 8. The van der Waals surface area contributed by atoms with Gasteiger partial charge in [0.05, 0.1) is 6.54 Å². The van der Waals surface area contributed by atoms with E-state index in [2.05, 4.69) is 5.32 Å². The van der Waals surface area contributed by atoms with E-state index in [1.165, 1.54) is 5.56 Å². The summed E-state index contributed by atoms with van der Waals surface area (Å²) < 4.78 is 5.62. The topological polar surface area (TPSA) is 58.6 Å². The number of nitrogens with one attached hydrogen (secondary N) is 1. The molecule has 26 heavy (non-hydrogen) atoms. The Morgan fingerprint density at radius 3 is 2.38 bits per heavy atom. The molecule has 0 aromatic heterocycles. The third kappa shape index (κ3) is 6.41. The number of hydrogen-bond donors (Lipinski definition) is 1. The molecule has 0 aliphatic heterocycles. The van der Waals surface area contributed by atoms with E-state index in [-0.39, 0.29) is 24.8 Å². The number of carbonyl (C=O) groups excluding carboxylic acids is 2. The summed E-state index contributed by atoms with van der Waals surface area (Å²) in [5.74, 6) is 0.514. The molecule has 2 aromatic carbocycles. The number of aryl methyl sites for hydroxylation is 1. The predicted molar refractivity (Wildman–Crippen MR) is 103 cm³/mol. The van der Waals surface area contributed by atoms with Crippen LogP contribution in [0.15, 0.2) is 48.5 Å². The van der Waals surface area contributed by atoms with Crippen LogP contribution in [-0.2, 0) is 4.79 Å². The smallest absolute Gasteiger partial charge is 0.251 e. The van der Waals surface area contributed by atoms with Gasteiger partial charge in [-0.05, 0) is 43.3 Å². The first-order valence-electron chi connectivity index (χ1n) is 8.43. The van der Waals surface area contributed by atoms with Crippen LogP contribution in [0.1, 0.15) is 22.3 Å². The molecule has 5 nitrogen and oxygen atoms in total. The summed E-state index contributed by atoms with van der Waals surface area (Å²) >= 11 is 5.79. The molecule has 0 aliphatic rings. The first kappa shape index (κ1) is 19.8. The molecule has 0 spiro atoms. The van der Waals surface area contributed by atoms with Crippen molar-refractivity contribution in [2.24, 2.45) is 0 Å². The number of ether oxygens (including phenoxy) is 1. The van der Waals surface area contributed by atoms with Crippen LogP contribution in [0.25, 0.3) is 0 Å². The van der Waals surface area contributed by atoms with E-state index < -0.39 is 0 Å². The van der Waals surface area contributed by atoms with Gasteiger partial charge < -0.3 is 15.0 Å². The molecule has 0 heterocycles. The average molecular weight is 375 g/mol. The van der Waals surface area contributed by atoms with Crippen molar-refractivity contribution in [3.8, 4) is 5.75 Å². The zero-order chi connectivity index (χ0) is 18.9. The van der Waals surface area contributed by atoms with Crippen LogP contribution in [0.4, 0.5) is 0 Å². The van der Waals surface area contributed by atoms with Crippen molar-refractivity contribution in [3.63, 3.8) is 0 Å². The molecule has 0 aliphatic carbocycles. The number of likely N-dealkylation sites (N-methyl/N-ethyl adjacent to an activating group) is 1. The minimum atomic E-state index is -0.222. The number of amides is 2. The summed E-state index contributed by atoms with van der Waals surface area (Å²) in [6.07, 6.45) is 0.236. The highest BCUT2D eigenvalue weighted by atomic mass is 35.5. The van der Waals surface area contributed by atoms with Crippen molar-refractivity contribution in [1.29, 1.82) is 0 Å². The van der Waals surface area contributed by atoms with Gasteiger partial charge in [0, 0.05) is 30.6 Å². The lowest BCUT2D eigenvalue weighted by Crippen LogP contribution is -2.34. The number of nitrogens with zero attached hydrogens (tertiary/aromatic N) is 1. The highest BCUT2D eigenvalue weighted by molar-refractivity contribution is 6.30. The molecule has 2 amide bonds. The third-order valence-corrected chi connectivity index (χ3v) is 4.12. The minimum Gasteiger partial charge on any atom is -0.492 e. The number of hydrogen-bond acceptors (Lipinski definition) is 3. The molecular weight excluding hydrogens is 352 g/mol. The Kier molecular flexibility index (Phi) is 7.48. The second-order valence-corrected chi connectivity index (χ2v) is 6.43. The van der Waals surface area contributed by atoms with Crippen LogP contribution in [0, 0.1) is 6.92 Å². The van der Waals surface area contributed by atoms with Gasteiger partial charge in [-0.1, -0.05) is 29.3 Å². The standard InChI is InChI=1S/C20H23ClN2O3/c1-15-3-9-18(10-4-15)26-14-13-23(2)19(24)11-12-22-20(25)16-5-7-17(21)8-6-16/h3-10H,11-14H2,1-2H3,(H,22,25). The van der Waals surface area contributed by atoms with E-state index in [9.17, 15) is 9.59 Å². The van der Waals surface area contributed by atoms with Crippen molar-refractivity contribution < 1.29 is 14.3 Å². The Morgan fingerprint density at radius 2 is 1.73 bits per heavy atom. The lowest BCUT2D eigenvalue weighted by Gasteiger charge is -2.17. The molecule has 1 N–H and O–H groups in total. The van der Waals surface area contributed by atoms with Crippen LogP contribution in [0.3, 0.4) is 0 Å². The van der Waals surface area contributed by atoms with Crippen LogP contribution >= 0.6 is 11.6 Å². The van der Waals surface area contributed by atoms with Gasteiger partial charge in [-0.25, -0.2) is 0 Å². The van der Waals surface area contributed by atoms with Crippen molar-refractivity contribution >= 4 is 23.4 Å². The number of carbonyl (C=O) groups is 2. The van der Waals surface area contributed by atoms with Crippen LogP contribution < -0.4 is 10.1 Å². The number of benzene rings is 2. The van der Waals surface area contributed by atoms with Crippen molar-refractivity contribution in [1.82, 2.24) is 10.2 Å². The van der Waals surface area contributed by atoms with Crippen molar-refractivity contribution in [3.05, 3.63) is 64.7 Å². The highest BCUT2D eigenvalue weighted by Crippen LogP contribution is 2.11. The normalized spacial score (nSPS) is 10.3. The molecule has 6 heteroatoms. The van der Waals surface area contributed by atoms with E-state index in [1.807, 2.05) is 31.2 Å². The quantitative estimate of drug-likeness (QED) is 0.771. The highest BCUT2D eigenvalue weighted by Gasteiger charge is 2.10. The predicted octanol–water partition coefficient (Wildman–Crippen LogP) is 3.31. The molecule has 138 valence electrons. The maximum absolute atomic E-state index is 12.1. The lowest BCUT2D eigenvalue weighted by molar-refractivity contribution is -0.130. The fourth-order valence-corrected chi connectivity index (χ4v) is 2.36. The Bertz CT molecular complexity index is 730. The average Bonchev–Trinajstić information content (AvgIpc) is 2.63. The van der Waals surface area contributed by atoms with Crippen LogP contribution in [0.2, 0.25) is 5.02 Å². The SMILES string of the molecule is Cc1ccc(OCCN(C)C(=O)CCNC(=O)c2ccc(Cl)cc2)cc1. The Labute approximate surface area is 158 Å². The van der Waals surface area contributed by atoms with Gasteiger partial charge in [-0.2, -0.15) is 0 Å². The largest absolute Gasteiger partial charge is 0.492 e. The summed E-state index contributed by atoms with van der Waals surface area (Å²) in [7, 11) is 1.72. The molecule has 0 saturated heterocycles. The van der Waals surface area contributed by atoms with Gasteiger partial charge in [0.15, 0.2) is 0 Å². The summed E-state index contributed by atoms with van der Waals surface area (Å²) in [5, 5.41) is 3.31. The fraction of sp³-hybridized carbons (Fsp3) is 0.300. The Hall–Kier alpha value is -2.53. The van der Waals surface area contributed by atoms with Crippen molar-refractivity contribution in [2.75, 3.05) is 26.7 Å². The fourth-order valence-electron chi connectivity index (χ4n) is 2.24. The monoisotopic (exact) mass is 374 g/mol. The molecule has 0 saturated carbocycles. The first-order valence-corrected chi connectivity index (χ1v) is 8.80. The van der Waals surface area contributed by atoms with E-state index in [0.29, 0.717) is 23.7 Å². The molecule has 0 radical (unpaired) electrons.